The Labute approximate surface area is 134 Å². The average Bonchev–Trinajstić information content (AvgIpc) is 2.36. The Hall–Kier alpha value is -1.13. The summed E-state index contributed by atoms with van der Waals surface area (Å²) in [5, 5.41) is 1.24. The van der Waals surface area contributed by atoms with Gasteiger partial charge in [-0.05, 0) is 36.4 Å². The first-order valence-electron chi connectivity index (χ1n) is 5.25. The molecule has 20 heavy (non-hydrogen) atoms. The predicted octanol–water partition coefficient (Wildman–Crippen LogP) is 5.88. The van der Waals surface area contributed by atoms with Crippen LogP contribution in [0.3, 0.4) is 0 Å². The first-order chi connectivity index (χ1) is 9.45. The fraction of sp³-hybridized carbons (Fsp3) is 0. The first kappa shape index (κ1) is 15.3. The van der Waals surface area contributed by atoms with Crippen molar-refractivity contribution >= 4 is 52.6 Å². The molecule has 0 N–H and O–H groups in total. The topological polar surface area (TPSA) is 35.5 Å². The van der Waals surface area contributed by atoms with Crippen LogP contribution in [0.4, 0.5) is 4.79 Å². The SMILES string of the molecule is O=C(Oc1ccc(Cl)cc1Cl)Oc1ccc(Cl)cc1Cl. The van der Waals surface area contributed by atoms with Gasteiger partial charge in [0.15, 0.2) is 11.5 Å². The van der Waals surface area contributed by atoms with E-state index in [1.165, 1.54) is 36.4 Å². The molecular weight excluding hydrogens is 346 g/mol. The summed E-state index contributed by atoms with van der Waals surface area (Å²) < 4.78 is 9.89. The highest BCUT2D eigenvalue weighted by atomic mass is 35.5. The van der Waals surface area contributed by atoms with Gasteiger partial charge < -0.3 is 9.47 Å². The molecule has 0 fully saturated rings. The van der Waals surface area contributed by atoms with E-state index in [1.807, 2.05) is 0 Å². The van der Waals surface area contributed by atoms with E-state index >= 15 is 0 Å². The van der Waals surface area contributed by atoms with E-state index in [9.17, 15) is 4.79 Å². The third kappa shape index (κ3) is 3.93. The molecule has 0 aliphatic heterocycles. The van der Waals surface area contributed by atoms with Crippen LogP contribution in [0.1, 0.15) is 0 Å². The van der Waals surface area contributed by atoms with E-state index in [1.54, 1.807) is 0 Å². The van der Waals surface area contributed by atoms with Crippen molar-refractivity contribution in [3.05, 3.63) is 56.5 Å². The molecule has 104 valence electrons. The van der Waals surface area contributed by atoms with Gasteiger partial charge in [-0.15, -0.1) is 0 Å². The minimum absolute atomic E-state index is 0.131. The quantitative estimate of drug-likeness (QED) is 0.500. The number of carbonyl (C=O) groups is 1. The summed E-state index contributed by atoms with van der Waals surface area (Å²) in [4.78, 5) is 11.6. The summed E-state index contributed by atoms with van der Waals surface area (Å²) >= 11 is 23.2. The van der Waals surface area contributed by atoms with Crippen LogP contribution in [-0.4, -0.2) is 6.16 Å². The number of halogens is 4. The molecule has 7 heteroatoms. The molecule has 0 radical (unpaired) electrons. The number of ether oxygens (including phenoxy) is 2. The van der Waals surface area contributed by atoms with E-state index in [2.05, 4.69) is 0 Å². The first-order valence-corrected chi connectivity index (χ1v) is 6.76. The van der Waals surface area contributed by atoms with E-state index in [-0.39, 0.29) is 21.5 Å². The molecule has 0 aliphatic rings. The van der Waals surface area contributed by atoms with Crippen molar-refractivity contribution in [2.24, 2.45) is 0 Å². The lowest BCUT2D eigenvalue weighted by molar-refractivity contribution is 0.152. The Morgan fingerprint density at radius 3 is 1.50 bits per heavy atom. The van der Waals surface area contributed by atoms with Gasteiger partial charge in [0, 0.05) is 10.0 Å². The summed E-state index contributed by atoms with van der Waals surface area (Å²) in [5.74, 6) is 0.261. The van der Waals surface area contributed by atoms with Crippen LogP contribution in [0.5, 0.6) is 11.5 Å². The summed E-state index contributed by atoms with van der Waals surface area (Å²) in [6, 6.07) is 8.86. The highest BCUT2D eigenvalue weighted by Gasteiger charge is 2.13. The molecule has 0 amide bonds. The second kappa shape index (κ2) is 6.55. The van der Waals surface area contributed by atoms with Gasteiger partial charge in [-0.3, -0.25) is 0 Å². The molecule has 0 spiro atoms. The molecule has 0 unspecified atom stereocenters. The predicted molar refractivity (Wildman–Crippen MR) is 79.6 cm³/mol. The van der Waals surface area contributed by atoms with Crippen LogP contribution in [0, 0.1) is 0 Å². The van der Waals surface area contributed by atoms with E-state index in [0.717, 1.165) is 0 Å². The van der Waals surface area contributed by atoms with Crippen LogP contribution >= 0.6 is 46.4 Å². The molecule has 2 aromatic rings. The molecule has 0 atom stereocenters. The normalized spacial score (nSPS) is 10.2. The maximum atomic E-state index is 11.6. The molecular formula is C13H6Cl4O3. The Morgan fingerprint density at radius 2 is 1.15 bits per heavy atom. The van der Waals surface area contributed by atoms with Crippen molar-refractivity contribution in [1.82, 2.24) is 0 Å². The van der Waals surface area contributed by atoms with Gasteiger partial charge in [-0.1, -0.05) is 46.4 Å². The Bertz CT molecular complexity index is 603. The highest BCUT2D eigenvalue weighted by Crippen LogP contribution is 2.30. The number of hydrogen-bond acceptors (Lipinski definition) is 3. The maximum Gasteiger partial charge on any atom is 0.519 e. The van der Waals surface area contributed by atoms with Crippen molar-refractivity contribution in [2.75, 3.05) is 0 Å². The zero-order valence-electron chi connectivity index (χ0n) is 9.70. The second-order valence-corrected chi connectivity index (χ2v) is 5.29. The van der Waals surface area contributed by atoms with Gasteiger partial charge in [0.2, 0.25) is 0 Å². The van der Waals surface area contributed by atoms with Gasteiger partial charge in [-0.25, -0.2) is 4.79 Å². The number of carbonyl (C=O) groups excluding carboxylic acids is 1. The third-order valence-corrected chi connectivity index (χ3v) is 3.24. The summed E-state index contributed by atoms with van der Waals surface area (Å²) in [6.45, 7) is 0. The molecule has 2 rings (SSSR count). The standard InChI is InChI=1S/C13H6Cl4O3/c14-7-1-3-11(9(16)5-7)19-13(18)20-12-4-2-8(15)6-10(12)17/h1-6H. The van der Waals surface area contributed by atoms with Crippen molar-refractivity contribution in [3.63, 3.8) is 0 Å². The lowest BCUT2D eigenvalue weighted by atomic mass is 10.3. The second-order valence-electron chi connectivity index (χ2n) is 3.60. The van der Waals surface area contributed by atoms with Crippen molar-refractivity contribution in [1.29, 1.82) is 0 Å². The highest BCUT2D eigenvalue weighted by molar-refractivity contribution is 6.36. The van der Waals surface area contributed by atoms with Crippen LogP contribution in [0.15, 0.2) is 36.4 Å². The van der Waals surface area contributed by atoms with Gasteiger partial charge in [-0.2, -0.15) is 0 Å². The zero-order valence-corrected chi connectivity index (χ0v) is 12.7. The molecule has 0 heterocycles. The zero-order chi connectivity index (χ0) is 14.7. The fourth-order valence-corrected chi connectivity index (χ4v) is 2.21. The molecule has 0 saturated carbocycles. The summed E-state index contributed by atoms with van der Waals surface area (Å²) in [5.41, 5.74) is 0. The van der Waals surface area contributed by atoms with E-state index in [0.29, 0.717) is 10.0 Å². The Morgan fingerprint density at radius 1 is 0.750 bits per heavy atom. The number of rotatable bonds is 2. The smallest absolute Gasteiger partial charge is 0.393 e. The Kier molecular flexibility index (Phi) is 5.00. The maximum absolute atomic E-state index is 11.6. The van der Waals surface area contributed by atoms with E-state index in [4.69, 9.17) is 55.9 Å². The van der Waals surface area contributed by atoms with Gasteiger partial charge >= 0.3 is 6.16 Å². The molecule has 0 bridgehead atoms. The van der Waals surface area contributed by atoms with Crippen LogP contribution < -0.4 is 9.47 Å². The molecule has 0 aromatic heterocycles. The fourth-order valence-electron chi connectivity index (χ4n) is 1.32. The average molecular weight is 352 g/mol. The van der Waals surface area contributed by atoms with Gasteiger partial charge in [0.05, 0.1) is 10.0 Å². The minimum atomic E-state index is -0.974. The van der Waals surface area contributed by atoms with E-state index < -0.39 is 6.16 Å². The number of benzene rings is 2. The third-order valence-electron chi connectivity index (χ3n) is 2.17. The van der Waals surface area contributed by atoms with Gasteiger partial charge in [0.25, 0.3) is 0 Å². The van der Waals surface area contributed by atoms with Crippen LogP contribution in [0.25, 0.3) is 0 Å². The lowest BCUT2D eigenvalue weighted by Gasteiger charge is -2.08. The summed E-state index contributed by atoms with van der Waals surface area (Å²) in [7, 11) is 0. The lowest BCUT2D eigenvalue weighted by Crippen LogP contribution is -2.14. The molecule has 3 nitrogen and oxygen atoms in total. The largest absolute Gasteiger partial charge is 0.519 e. The molecule has 2 aromatic carbocycles. The van der Waals surface area contributed by atoms with Crippen molar-refractivity contribution in [2.45, 2.75) is 0 Å². The molecule has 0 saturated heterocycles. The summed E-state index contributed by atoms with van der Waals surface area (Å²) in [6.07, 6.45) is -0.974. The monoisotopic (exact) mass is 350 g/mol. The molecule has 0 aliphatic carbocycles. The van der Waals surface area contributed by atoms with Crippen LogP contribution in [0.2, 0.25) is 20.1 Å². The van der Waals surface area contributed by atoms with Crippen molar-refractivity contribution < 1.29 is 14.3 Å². The Balaban J connectivity index is 2.09. The minimum Gasteiger partial charge on any atom is -0.393 e. The van der Waals surface area contributed by atoms with Crippen LogP contribution in [-0.2, 0) is 0 Å². The number of hydrogen-bond donors (Lipinski definition) is 0. The van der Waals surface area contributed by atoms with Gasteiger partial charge in [0.1, 0.15) is 0 Å². The van der Waals surface area contributed by atoms with Crippen molar-refractivity contribution in [3.8, 4) is 11.5 Å².